The molecule has 1 heterocycles. The molecule has 7 heteroatoms. The normalized spacial score (nSPS) is 22.2. The van der Waals surface area contributed by atoms with Crippen molar-refractivity contribution in [1.29, 1.82) is 0 Å². The van der Waals surface area contributed by atoms with Crippen molar-refractivity contribution in [3.05, 3.63) is 27.7 Å². The fourth-order valence-electron chi connectivity index (χ4n) is 2.78. The molecule has 1 aromatic rings. The number of rotatable bonds is 5. The summed E-state index contributed by atoms with van der Waals surface area (Å²) in [6.07, 6.45) is 0.634. The average molecular weight is 352 g/mol. The summed E-state index contributed by atoms with van der Waals surface area (Å²) in [5.41, 5.74) is 0.815. The minimum Gasteiger partial charge on any atom is -0.492 e. The summed E-state index contributed by atoms with van der Waals surface area (Å²) < 4.78 is 28.8. The molecule has 0 spiro atoms. The van der Waals surface area contributed by atoms with E-state index in [2.05, 4.69) is 5.32 Å². The van der Waals surface area contributed by atoms with Gasteiger partial charge in [0, 0.05) is 17.1 Å². The van der Waals surface area contributed by atoms with Crippen molar-refractivity contribution in [3.8, 4) is 5.75 Å². The number of hydrogen-bond acceptors (Lipinski definition) is 4. The molecular weight excluding hydrogens is 333 g/mol. The van der Waals surface area contributed by atoms with Crippen LogP contribution in [0.15, 0.2) is 12.1 Å². The standard InChI is InChI=1S/C14H19Cl2NO3S/c1-3-20-13-7-11(15)10(6-12(13)16)14(17-2)9-4-5-21(18,19)8-9/h6-7,9,14,17H,3-5,8H2,1-2H3. The van der Waals surface area contributed by atoms with Crippen LogP contribution in [-0.2, 0) is 9.84 Å². The lowest BCUT2D eigenvalue weighted by molar-refractivity contribution is 0.340. The summed E-state index contributed by atoms with van der Waals surface area (Å²) in [5.74, 6) is 0.964. The van der Waals surface area contributed by atoms with E-state index in [0.29, 0.717) is 28.8 Å². The zero-order valence-corrected chi connectivity index (χ0v) is 14.4. The maximum Gasteiger partial charge on any atom is 0.150 e. The largest absolute Gasteiger partial charge is 0.492 e. The molecule has 1 aliphatic rings. The lowest BCUT2D eigenvalue weighted by Crippen LogP contribution is -2.26. The van der Waals surface area contributed by atoms with Crippen molar-refractivity contribution < 1.29 is 13.2 Å². The summed E-state index contributed by atoms with van der Waals surface area (Å²) in [6.45, 7) is 2.38. The molecule has 0 bridgehead atoms. The highest BCUT2D eigenvalue weighted by molar-refractivity contribution is 7.91. The maximum absolute atomic E-state index is 11.7. The Morgan fingerprint density at radius 2 is 2.10 bits per heavy atom. The van der Waals surface area contributed by atoms with Crippen LogP contribution < -0.4 is 10.1 Å². The molecule has 2 rings (SSSR count). The topological polar surface area (TPSA) is 55.4 Å². The highest BCUT2D eigenvalue weighted by atomic mass is 35.5. The molecule has 1 aliphatic heterocycles. The van der Waals surface area contributed by atoms with Gasteiger partial charge in [-0.15, -0.1) is 0 Å². The van der Waals surface area contributed by atoms with Gasteiger partial charge in [-0.05, 0) is 37.9 Å². The predicted molar refractivity (Wildman–Crippen MR) is 86.2 cm³/mol. The molecule has 2 atom stereocenters. The number of nitrogens with one attached hydrogen (secondary N) is 1. The molecule has 0 aromatic heterocycles. The highest BCUT2D eigenvalue weighted by Crippen LogP contribution is 2.39. The summed E-state index contributed by atoms with van der Waals surface area (Å²) in [7, 11) is -1.14. The fourth-order valence-corrected chi connectivity index (χ4v) is 5.12. The highest BCUT2D eigenvalue weighted by Gasteiger charge is 2.34. The first-order chi connectivity index (χ1) is 9.88. The molecule has 1 N–H and O–H groups in total. The van der Waals surface area contributed by atoms with Crippen molar-refractivity contribution in [2.24, 2.45) is 5.92 Å². The lowest BCUT2D eigenvalue weighted by Gasteiger charge is -2.24. The third kappa shape index (κ3) is 3.83. The van der Waals surface area contributed by atoms with Gasteiger partial charge in [0.25, 0.3) is 0 Å². The van der Waals surface area contributed by atoms with Crippen LogP contribution in [0.25, 0.3) is 0 Å². The van der Waals surface area contributed by atoms with Gasteiger partial charge in [-0.1, -0.05) is 23.2 Å². The van der Waals surface area contributed by atoms with Gasteiger partial charge in [0.05, 0.1) is 23.1 Å². The van der Waals surface area contributed by atoms with Crippen LogP contribution >= 0.6 is 23.2 Å². The molecule has 1 aromatic carbocycles. The van der Waals surface area contributed by atoms with Crippen LogP contribution in [0, 0.1) is 5.92 Å². The summed E-state index contributed by atoms with van der Waals surface area (Å²) in [5, 5.41) is 4.19. The van der Waals surface area contributed by atoms with Crippen molar-refractivity contribution in [3.63, 3.8) is 0 Å². The third-order valence-corrected chi connectivity index (χ3v) is 6.15. The molecule has 1 saturated heterocycles. The van der Waals surface area contributed by atoms with Crippen LogP contribution in [0.1, 0.15) is 24.9 Å². The van der Waals surface area contributed by atoms with E-state index < -0.39 is 9.84 Å². The van der Waals surface area contributed by atoms with Gasteiger partial charge >= 0.3 is 0 Å². The van der Waals surface area contributed by atoms with Crippen molar-refractivity contribution in [1.82, 2.24) is 5.32 Å². The van der Waals surface area contributed by atoms with Gasteiger partial charge in [-0.25, -0.2) is 8.42 Å². The molecule has 2 unspecified atom stereocenters. The van der Waals surface area contributed by atoms with Crippen molar-refractivity contribution in [2.45, 2.75) is 19.4 Å². The molecule has 0 radical (unpaired) electrons. The first kappa shape index (κ1) is 16.9. The third-order valence-electron chi connectivity index (χ3n) is 3.74. The van der Waals surface area contributed by atoms with Gasteiger partial charge in [0.2, 0.25) is 0 Å². The Morgan fingerprint density at radius 1 is 1.38 bits per heavy atom. The molecule has 21 heavy (non-hydrogen) atoms. The Labute approximate surface area is 135 Å². The Kier molecular flexibility index (Phi) is 5.41. The second-order valence-corrected chi connectivity index (χ2v) is 8.21. The summed E-state index contributed by atoms with van der Waals surface area (Å²) >= 11 is 12.5. The lowest BCUT2D eigenvalue weighted by atomic mass is 9.92. The first-order valence-corrected chi connectivity index (χ1v) is 9.45. The summed E-state index contributed by atoms with van der Waals surface area (Å²) in [4.78, 5) is 0. The molecule has 0 amide bonds. The van der Waals surface area contributed by atoms with Gasteiger partial charge < -0.3 is 10.1 Å². The SMILES string of the molecule is CCOc1cc(Cl)c(C(NC)C2CCS(=O)(=O)C2)cc1Cl. The first-order valence-electron chi connectivity index (χ1n) is 6.87. The Hall–Kier alpha value is -0.490. The summed E-state index contributed by atoms with van der Waals surface area (Å²) in [6, 6.07) is 3.32. The van der Waals surface area contributed by atoms with Crippen LogP contribution in [-0.4, -0.2) is 33.6 Å². The van der Waals surface area contributed by atoms with Gasteiger partial charge in [-0.2, -0.15) is 0 Å². The minimum absolute atomic E-state index is 0.00603. The van der Waals surface area contributed by atoms with Crippen LogP contribution in [0.4, 0.5) is 0 Å². The molecule has 118 valence electrons. The minimum atomic E-state index is -2.94. The van der Waals surface area contributed by atoms with E-state index in [1.54, 1.807) is 19.2 Å². The van der Waals surface area contributed by atoms with E-state index in [9.17, 15) is 8.42 Å². The van der Waals surface area contributed by atoms with E-state index in [1.165, 1.54) is 0 Å². The average Bonchev–Trinajstić information content (AvgIpc) is 2.76. The zero-order valence-electron chi connectivity index (χ0n) is 12.0. The van der Waals surface area contributed by atoms with Gasteiger partial charge in [0.15, 0.2) is 9.84 Å². The van der Waals surface area contributed by atoms with E-state index in [-0.39, 0.29) is 23.5 Å². The fraction of sp³-hybridized carbons (Fsp3) is 0.571. The molecule has 1 fully saturated rings. The van der Waals surface area contributed by atoms with E-state index in [1.807, 2.05) is 6.92 Å². The maximum atomic E-state index is 11.7. The Morgan fingerprint density at radius 3 is 2.62 bits per heavy atom. The van der Waals surface area contributed by atoms with Crippen molar-refractivity contribution >= 4 is 33.0 Å². The van der Waals surface area contributed by atoms with E-state index in [0.717, 1.165) is 5.56 Å². The quantitative estimate of drug-likeness (QED) is 0.885. The monoisotopic (exact) mass is 351 g/mol. The van der Waals surface area contributed by atoms with Crippen molar-refractivity contribution in [2.75, 3.05) is 25.2 Å². The Balaban J connectivity index is 2.32. The Bertz CT molecular complexity index is 619. The smallest absolute Gasteiger partial charge is 0.150 e. The molecule has 0 saturated carbocycles. The number of sulfone groups is 1. The predicted octanol–water partition coefficient (Wildman–Crippen LogP) is 3.09. The molecular formula is C14H19Cl2NO3S. The van der Waals surface area contributed by atoms with Crippen LogP contribution in [0.3, 0.4) is 0 Å². The van der Waals surface area contributed by atoms with Gasteiger partial charge in [-0.3, -0.25) is 0 Å². The van der Waals surface area contributed by atoms with Gasteiger partial charge in [0.1, 0.15) is 5.75 Å². The second kappa shape index (κ2) is 6.73. The van der Waals surface area contributed by atoms with Crippen LogP contribution in [0.2, 0.25) is 10.0 Å². The second-order valence-electron chi connectivity index (χ2n) is 5.17. The molecule has 0 aliphatic carbocycles. The van der Waals surface area contributed by atoms with Crippen LogP contribution in [0.5, 0.6) is 5.75 Å². The number of hydrogen-bond donors (Lipinski definition) is 1. The van der Waals surface area contributed by atoms with E-state index >= 15 is 0 Å². The molecule has 4 nitrogen and oxygen atoms in total. The van der Waals surface area contributed by atoms with E-state index in [4.69, 9.17) is 27.9 Å². The number of halogens is 2. The zero-order chi connectivity index (χ0) is 15.6. The number of benzene rings is 1. The number of ether oxygens (including phenoxy) is 1.